The largest absolute Gasteiger partial charge is 0.382 e. The van der Waals surface area contributed by atoms with Gasteiger partial charge < -0.3 is 5.32 Å². The number of aromatic nitrogens is 1. The zero-order chi connectivity index (χ0) is 11.2. The Balaban J connectivity index is 1.71. The fraction of sp³-hybridized carbons (Fsp3) is 0.545. The topological polar surface area (TPSA) is 28.2 Å². The van der Waals surface area contributed by atoms with Gasteiger partial charge in [-0.25, -0.2) is 0 Å². The highest BCUT2D eigenvalue weighted by Gasteiger charge is 2.08. The molecule has 2 rings (SSSR count). The van der Waals surface area contributed by atoms with Crippen molar-refractivity contribution in [1.29, 1.82) is 0 Å². The molecule has 1 aliphatic rings. The van der Waals surface area contributed by atoms with Crippen molar-refractivity contribution in [2.45, 2.75) is 0 Å². The average molecular weight is 302 g/mol. The number of hydrogen-bond acceptors (Lipinski definition) is 4. The Morgan fingerprint density at radius 3 is 2.94 bits per heavy atom. The Labute approximate surface area is 109 Å². The molecule has 0 atom stereocenters. The minimum absolute atomic E-state index is 0.989. The summed E-state index contributed by atoms with van der Waals surface area (Å²) in [5.41, 5.74) is 1.08. The minimum Gasteiger partial charge on any atom is -0.382 e. The lowest BCUT2D eigenvalue weighted by molar-refractivity contribution is 0.314. The lowest BCUT2D eigenvalue weighted by Crippen LogP contribution is -2.36. The summed E-state index contributed by atoms with van der Waals surface area (Å²) in [5, 5.41) is 3.39. The quantitative estimate of drug-likeness (QED) is 0.924. The number of nitrogens with one attached hydrogen (secondary N) is 1. The van der Waals surface area contributed by atoms with Gasteiger partial charge in [-0.3, -0.25) is 9.88 Å². The predicted octanol–water partition coefficient (Wildman–Crippen LogP) is 2.30. The van der Waals surface area contributed by atoms with E-state index in [-0.39, 0.29) is 0 Å². The fourth-order valence-corrected chi connectivity index (χ4v) is 3.04. The van der Waals surface area contributed by atoms with Gasteiger partial charge in [-0.05, 0) is 22.0 Å². The molecule has 0 bridgehead atoms. The zero-order valence-electron chi connectivity index (χ0n) is 9.16. The SMILES string of the molecule is Brc1cncc(NCCN2CCSCC2)c1. The summed E-state index contributed by atoms with van der Waals surface area (Å²) in [4.78, 5) is 6.63. The van der Waals surface area contributed by atoms with Gasteiger partial charge in [-0.2, -0.15) is 11.8 Å². The highest BCUT2D eigenvalue weighted by atomic mass is 79.9. The van der Waals surface area contributed by atoms with Crippen LogP contribution >= 0.6 is 27.7 Å². The van der Waals surface area contributed by atoms with Crippen LogP contribution in [0.2, 0.25) is 0 Å². The van der Waals surface area contributed by atoms with Crippen LogP contribution in [0.15, 0.2) is 22.9 Å². The molecule has 16 heavy (non-hydrogen) atoms. The van der Waals surface area contributed by atoms with Gasteiger partial charge >= 0.3 is 0 Å². The molecule has 1 fully saturated rings. The first kappa shape index (κ1) is 12.2. The number of halogens is 1. The maximum absolute atomic E-state index is 4.12. The molecule has 88 valence electrons. The maximum atomic E-state index is 4.12. The molecule has 1 aromatic rings. The number of hydrogen-bond donors (Lipinski definition) is 1. The van der Waals surface area contributed by atoms with E-state index in [4.69, 9.17) is 0 Å². The smallest absolute Gasteiger partial charge is 0.0538 e. The van der Waals surface area contributed by atoms with Gasteiger partial charge in [0.25, 0.3) is 0 Å². The van der Waals surface area contributed by atoms with Crippen molar-refractivity contribution in [3.63, 3.8) is 0 Å². The van der Waals surface area contributed by atoms with Crippen LogP contribution in [0.3, 0.4) is 0 Å². The van der Waals surface area contributed by atoms with Gasteiger partial charge in [0.2, 0.25) is 0 Å². The molecule has 0 spiro atoms. The fourth-order valence-electron chi connectivity index (χ4n) is 1.69. The van der Waals surface area contributed by atoms with Crippen molar-refractivity contribution in [3.8, 4) is 0 Å². The van der Waals surface area contributed by atoms with Gasteiger partial charge in [0.05, 0.1) is 11.9 Å². The Bertz CT molecular complexity index is 329. The van der Waals surface area contributed by atoms with Crippen LogP contribution in [-0.4, -0.2) is 47.6 Å². The molecule has 0 radical (unpaired) electrons. The van der Waals surface area contributed by atoms with E-state index in [1.54, 1.807) is 6.20 Å². The summed E-state index contributed by atoms with van der Waals surface area (Å²) in [7, 11) is 0. The number of pyridine rings is 1. The summed E-state index contributed by atoms with van der Waals surface area (Å²) in [6.07, 6.45) is 3.66. The lowest BCUT2D eigenvalue weighted by atomic mass is 10.4. The lowest BCUT2D eigenvalue weighted by Gasteiger charge is -2.26. The second kappa shape index (κ2) is 6.47. The van der Waals surface area contributed by atoms with Gasteiger partial charge in [-0.1, -0.05) is 0 Å². The van der Waals surface area contributed by atoms with Crippen molar-refractivity contribution in [2.75, 3.05) is 43.0 Å². The molecular weight excluding hydrogens is 286 g/mol. The van der Waals surface area contributed by atoms with Gasteiger partial charge in [0.15, 0.2) is 0 Å². The summed E-state index contributed by atoms with van der Waals surface area (Å²) in [6.45, 7) is 4.56. The van der Waals surface area contributed by atoms with E-state index < -0.39 is 0 Å². The first-order valence-corrected chi connectivity index (χ1v) is 7.44. The normalized spacial score (nSPS) is 17.3. The molecule has 0 aromatic carbocycles. The van der Waals surface area contributed by atoms with E-state index in [0.717, 1.165) is 23.2 Å². The summed E-state index contributed by atoms with van der Waals surface area (Å²) in [5.74, 6) is 2.55. The second-order valence-electron chi connectivity index (χ2n) is 3.77. The first-order chi connectivity index (χ1) is 7.84. The Kier molecular flexibility index (Phi) is 4.93. The molecule has 1 N–H and O–H groups in total. The van der Waals surface area contributed by atoms with E-state index in [1.807, 2.05) is 6.20 Å². The van der Waals surface area contributed by atoms with Crippen LogP contribution in [0.1, 0.15) is 0 Å². The third-order valence-corrected chi connectivity index (χ3v) is 3.94. The predicted molar refractivity (Wildman–Crippen MR) is 74.2 cm³/mol. The van der Waals surface area contributed by atoms with Crippen molar-refractivity contribution in [1.82, 2.24) is 9.88 Å². The highest BCUT2D eigenvalue weighted by molar-refractivity contribution is 9.10. The Hall–Kier alpha value is -0.260. The molecule has 3 nitrogen and oxygen atoms in total. The Morgan fingerprint density at radius 1 is 1.38 bits per heavy atom. The van der Waals surface area contributed by atoms with E-state index in [0.29, 0.717) is 0 Å². The molecule has 1 saturated heterocycles. The Morgan fingerprint density at radius 2 is 2.19 bits per heavy atom. The molecule has 1 aromatic heterocycles. The van der Waals surface area contributed by atoms with E-state index >= 15 is 0 Å². The van der Waals surface area contributed by atoms with Gasteiger partial charge in [0, 0.05) is 48.4 Å². The van der Waals surface area contributed by atoms with Crippen molar-refractivity contribution >= 4 is 33.4 Å². The van der Waals surface area contributed by atoms with Crippen molar-refractivity contribution < 1.29 is 0 Å². The monoisotopic (exact) mass is 301 g/mol. The second-order valence-corrected chi connectivity index (χ2v) is 5.91. The summed E-state index contributed by atoms with van der Waals surface area (Å²) >= 11 is 5.47. The van der Waals surface area contributed by atoms with E-state index in [9.17, 15) is 0 Å². The average Bonchev–Trinajstić information content (AvgIpc) is 2.30. The third kappa shape index (κ3) is 3.96. The van der Waals surface area contributed by atoms with Crippen LogP contribution in [-0.2, 0) is 0 Å². The number of anilines is 1. The molecule has 2 heterocycles. The maximum Gasteiger partial charge on any atom is 0.0538 e. The molecule has 1 aliphatic heterocycles. The van der Waals surface area contributed by atoms with Crippen LogP contribution in [0.4, 0.5) is 5.69 Å². The zero-order valence-corrected chi connectivity index (χ0v) is 11.6. The molecule has 5 heteroatoms. The molecule has 0 unspecified atom stereocenters. The number of thioether (sulfide) groups is 1. The van der Waals surface area contributed by atoms with Gasteiger partial charge in [0.1, 0.15) is 0 Å². The standard InChI is InChI=1S/C11H16BrN3S/c12-10-7-11(9-13-8-10)14-1-2-15-3-5-16-6-4-15/h7-9,14H,1-6H2. The molecule has 0 aliphatic carbocycles. The van der Waals surface area contributed by atoms with E-state index in [1.165, 1.54) is 24.6 Å². The third-order valence-electron chi connectivity index (χ3n) is 2.57. The van der Waals surface area contributed by atoms with Crippen LogP contribution < -0.4 is 5.32 Å². The van der Waals surface area contributed by atoms with Crippen molar-refractivity contribution in [2.24, 2.45) is 0 Å². The number of rotatable bonds is 4. The molecule has 0 amide bonds. The minimum atomic E-state index is 0.989. The summed E-state index contributed by atoms with van der Waals surface area (Å²) in [6, 6.07) is 2.05. The first-order valence-electron chi connectivity index (χ1n) is 5.49. The molecule has 0 saturated carbocycles. The summed E-state index contributed by atoms with van der Waals surface area (Å²) < 4.78 is 1.02. The van der Waals surface area contributed by atoms with Crippen molar-refractivity contribution in [3.05, 3.63) is 22.9 Å². The van der Waals surface area contributed by atoms with Crippen LogP contribution in [0.25, 0.3) is 0 Å². The van der Waals surface area contributed by atoms with Crippen LogP contribution in [0, 0.1) is 0 Å². The number of nitrogens with zero attached hydrogens (tertiary/aromatic N) is 2. The van der Waals surface area contributed by atoms with E-state index in [2.05, 4.69) is 49.0 Å². The molecular formula is C11H16BrN3S. The highest BCUT2D eigenvalue weighted by Crippen LogP contribution is 2.13. The van der Waals surface area contributed by atoms with Crippen LogP contribution in [0.5, 0.6) is 0 Å². The van der Waals surface area contributed by atoms with Gasteiger partial charge in [-0.15, -0.1) is 0 Å².